The molecule has 266 valence electrons. The Bertz CT molecular complexity index is 1650. The molecule has 1 aliphatic heterocycles. The van der Waals surface area contributed by atoms with Gasteiger partial charge in [-0.3, -0.25) is 9.59 Å². The summed E-state index contributed by atoms with van der Waals surface area (Å²) in [5.74, 6) is 0.305. The van der Waals surface area contributed by atoms with Crippen LogP contribution in [0.1, 0.15) is 107 Å². The zero-order valence-electron chi connectivity index (χ0n) is 30.1. The molecule has 11 atom stereocenters. The summed E-state index contributed by atoms with van der Waals surface area (Å²) in [4.78, 5) is 53.7. The number of cyclic esters (lactones) is 1. The minimum atomic E-state index is -0.475. The van der Waals surface area contributed by atoms with Gasteiger partial charge in [-0.2, -0.15) is 0 Å². The van der Waals surface area contributed by atoms with Gasteiger partial charge < -0.3 is 14.2 Å². The van der Waals surface area contributed by atoms with E-state index < -0.39 is 6.10 Å². The monoisotopic (exact) mass is 680 g/mol. The van der Waals surface area contributed by atoms with Crippen LogP contribution in [0.2, 0.25) is 0 Å². The number of hydrogen-bond acceptors (Lipinski definition) is 7. The molecule has 7 rings (SSSR count). The number of carbonyl (C=O) groups is 4. The summed E-state index contributed by atoms with van der Waals surface area (Å²) in [7, 11) is 0. The van der Waals surface area contributed by atoms with Crippen molar-refractivity contribution in [3.63, 3.8) is 0 Å². The van der Waals surface area contributed by atoms with Crippen molar-refractivity contribution in [3.05, 3.63) is 83.4 Å². The van der Waals surface area contributed by atoms with E-state index in [1.165, 1.54) is 0 Å². The van der Waals surface area contributed by atoms with Crippen molar-refractivity contribution >= 4 is 23.7 Å². The fourth-order valence-electron chi connectivity index (χ4n) is 11.1. The third kappa shape index (κ3) is 6.02. The van der Waals surface area contributed by atoms with Crippen LogP contribution in [-0.4, -0.2) is 42.0 Å². The summed E-state index contributed by atoms with van der Waals surface area (Å²) in [5.41, 5.74) is 1.45. The average molecular weight is 681 g/mol. The smallest absolute Gasteiger partial charge is 0.338 e. The van der Waals surface area contributed by atoms with Crippen molar-refractivity contribution in [1.29, 1.82) is 0 Å². The zero-order chi connectivity index (χ0) is 35.4. The van der Waals surface area contributed by atoms with Gasteiger partial charge in [-0.1, -0.05) is 76.6 Å². The number of ketones is 1. The second kappa shape index (κ2) is 13.4. The Hall–Kier alpha value is -3.74. The van der Waals surface area contributed by atoms with Gasteiger partial charge in [0, 0.05) is 30.1 Å². The van der Waals surface area contributed by atoms with E-state index in [2.05, 4.69) is 34.6 Å². The van der Waals surface area contributed by atoms with E-state index >= 15 is 0 Å². The molecule has 2 aromatic carbocycles. The van der Waals surface area contributed by atoms with Gasteiger partial charge in [-0.05, 0) is 104 Å². The molecule has 1 heterocycles. The van der Waals surface area contributed by atoms with Gasteiger partial charge >= 0.3 is 17.9 Å². The Balaban J connectivity index is 1.15. The van der Waals surface area contributed by atoms with E-state index in [1.54, 1.807) is 24.3 Å². The van der Waals surface area contributed by atoms with Crippen LogP contribution in [0.3, 0.4) is 0 Å². The van der Waals surface area contributed by atoms with Crippen LogP contribution in [0.15, 0.2) is 72.3 Å². The summed E-state index contributed by atoms with van der Waals surface area (Å²) in [5, 5.41) is 0. The Morgan fingerprint density at radius 3 is 2.10 bits per heavy atom. The molecule has 0 amide bonds. The topological polar surface area (TPSA) is 96.0 Å². The molecule has 3 saturated carbocycles. The molecule has 0 bridgehead atoms. The first-order valence-corrected chi connectivity index (χ1v) is 18.9. The second-order valence-corrected chi connectivity index (χ2v) is 16.7. The van der Waals surface area contributed by atoms with Gasteiger partial charge in [0.1, 0.15) is 18.3 Å². The van der Waals surface area contributed by atoms with E-state index in [1.807, 2.05) is 42.5 Å². The summed E-state index contributed by atoms with van der Waals surface area (Å²) < 4.78 is 18.6. The summed E-state index contributed by atoms with van der Waals surface area (Å²) in [6, 6.07) is 18.1. The molecule has 1 saturated heterocycles. The molecule has 7 nitrogen and oxygen atoms in total. The number of allylic oxidation sites excluding steroid dienone is 1. The number of ether oxygens (including phenoxy) is 3. The number of hydrogen-bond donors (Lipinski definition) is 0. The highest BCUT2D eigenvalue weighted by molar-refractivity contribution is 5.97. The van der Waals surface area contributed by atoms with Crippen LogP contribution in [0, 0.1) is 52.3 Å². The summed E-state index contributed by atoms with van der Waals surface area (Å²) in [6.45, 7) is 11.0. The standard InChI is InChI=1S/C43H52O7/c1-25(2)29-20-36(49-38(45)21-29)26(3)34-24-35(44)39-32-17-16-30-22-31(48-40(46)27-12-8-6-9-13-27)23-37(50-41(47)28-14-10-7-11-15-28)43(30,5)33(32)18-19-42(34,39)4/h6-15,24-26,29-33,36-37,39H,16-23H2,1-5H3/t26-,29?,30?,31+,32?,33?,36?,37+,39?,42-,43+/m1/s1. The third-order valence-corrected chi connectivity index (χ3v) is 13.9. The van der Waals surface area contributed by atoms with Gasteiger partial charge in [0.25, 0.3) is 0 Å². The van der Waals surface area contributed by atoms with E-state index in [9.17, 15) is 19.2 Å². The lowest BCUT2D eigenvalue weighted by Crippen LogP contribution is -2.61. The van der Waals surface area contributed by atoms with Crippen LogP contribution in [0.4, 0.5) is 0 Å². The molecule has 4 aliphatic carbocycles. The molecule has 4 fully saturated rings. The van der Waals surface area contributed by atoms with Gasteiger partial charge in [0.15, 0.2) is 5.78 Å². The van der Waals surface area contributed by atoms with Crippen molar-refractivity contribution in [1.82, 2.24) is 0 Å². The van der Waals surface area contributed by atoms with E-state index in [0.717, 1.165) is 37.7 Å². The summed E-state index contributed by atoms with van der Waals surface area (Å²) in [6.07, 6.45) is 6.79. The highest BCUT2D eigenvalue weighted by atomic mass is 16.6. The van der Waals surface area contributed by atoms with Crippen LogP contribution < -0.4 is 0 Å². The lowest BCUT2D eigenvalue weighted by Gasteiger charge is -2.62. The molecule has 0 aromatic heterocycles. The number of rotatable bonds is 7. The van der Waals surface area contributed by atoms with E-state index in [4.69, 9.17) is 14.2 Å². The predicted octanol–water partition coefficient (Wildman–Crippen LogP) is 8.42. The molecule has 0 radical (unpaired) electrons. The number of benzene rings is 2. The Labute approximate surface area is 296 Å². The normalized spacial score (nSPS) is 37.0. The van der Waals surface area contributed by atoms with Crippen LogP contribution in [0.25, 0.3) is 0 Å². The summed E-state index contributed by atoms with van der Waals surface area (Å²) >= 11 is 0. The van der Waals surface area contributed by atoms with Crippen molar-refractivity contribution in [3.8, 4) is 0 Å². The molecule has 0 N–H and O–H groups in total. The largest absolute Gasteiger partial charge is 0.462 e. The van der Waals surface area contributed by atoms with Crippen molar-refractivity contribution in [2.45, 2.75) is 104 Å². The van der Waals surface area contributed by atoms with Gasteiger partial charge in [-0.25, -0.2) is 9.59 Å². The quantitative estimate of drug-likeness (QED) is 0.214. The fraction of sp³-hybridized carbons (Fsp3) is 0.581. The highest BCUT2D eigenvalue weighted by Gasteiger charge is 2.65. The lowest BCUT2D eigenvalue weighted by molar-refractivity contribution is -0.181. The van der Waals surface area contributed by atoms with E-state index in [0.29, 0.717) is 36.3 Å². The number of carbonyl (C=O) groups excluding carboxylic acids is 4. The Morgan fingerprint density at radius 2 is 1.46 bits per heavy atom. The molecule has 0 spiro atoms. The van der Waals surface area contributed by atoms with Crippen molar-refractivity contribution in [2.75, 3.05) is 0 Å². The second-order valence-electron chi connectivity index (χ2n) is 16.7. The first-order valence-electron chi connectivity index (χ1n) is 18.9. The highest BCUT2D eigenvalue weighted by Crippen LogP contribution is 2.67. The maximum Gasteiger partial charge on any atom is 0.338 e. The van der Waals surface area contributed by atoms with Gasteiger partial charge in [0.05, 0.1) is 11.1 Å². The molecule has 2 aromatic rings. The minimum absolute atomic E-state index is 0.0303. The van der Waals surface area contributed by atoms with Crippen LogP contribution in [0.5, 0.6) is 0 Å². The first-order chi connectivity index (χ1) is 23.9. The maximum absolute atomic E-state index is 14.2. The van der Waals surface area contributed by atoms with Gasteiger partial charge in [-0.15, -0.1) is 0 Å². The molecular weight excluding hydrogens is 628 g/mol. The zero-order valence-corrected chi connectivity index (χ0v) is 30.1. The molecule has 7 heteroatoms. The van der Waals surface area contributed by atoms with Gasteiger partial charge in [0.2, 0.25) is 0 Å². The predicted molar refractivity (Wildman–Crippen MR) is 189 cm³/mol. The van der Waals surface area contributed by atoms with Crippen molar-refractivity contribution in [2.24, 2.45) is 52.3 Å². The average Bonchev–Trinajstić information content (AvgIpc) is 3.38. The SMILES string of the molecule is CC(C)C1CC(=O)OC([C@H](C)C2=CC(=O)C3C4CCC5C[C@H](OC(=O)c6ccccc6)C[C@H](OC(=O)c6ccccc6)[C@]5(C)C4CC[C@]23C)C1. The van der Waals surface area contributed by atoms with Crippen molar-refractivity contribution < 1.29 is 33.4 Å². The molecule has 6 unspecified atom stereocenters. The molecule has 50 heavy (non-hydrogen) atoms. The lowest BCUT2D eigenvalue weighted by atomic mass is 9.43. The fourth-order valence-corrected chi connectivity index (χ4v) is 11.1. The first kappa shape index (κ1) is 34.7. The number of esters is 3. The Morgan fingerprint density at radius 1 is 0.820 bits per heavy atom. The van der Waals surface area contributed by atoms with Crippen LogP contribution in [-0.2, 0) is 23.8 Å². The Kier molecular flexibility index (Phi) is 9.32. The van der Waals surface area contributed by atoms with E-state index in [-0.39, 0.29) is 82.2 Å². The minimum Gasteiger partial charge on any atom is -0.462 e. The third-order valence-electron chi connectivity index (χ3n) is 13.9. The number of fused-ring (bicyclic) bond motifs is 5. The molecular formula is C43H52O7. The molecule has 5 aliphatic rings. The maximum atomic E-state index is 14.2. The van der Waals surface area contributed by atoms with Crippen LogP contribution >= 0.6 is 0 Å².